The highest BCUT2D eigenvalue weighted by molar-refractivity contribution is 6.32. The van der Waals surface area contributed by atoms with Crippen LogP contribution in [-0.4, -0.2) is 41.0 Å². The van der Waals surface area contributed by atoms with E-state index in [0.717, 1.165) is 16.5 Å². The lowest BCUT2D eigenvalue weighted by Crippen LogP contribution is -2.42. The normalized spacial score (nSPS) is 14.7. The maximum Gasteiger partial charge on any atom is 0.264 e. The fraction of sp³-hybridized carbons (Fsp3) is 0.269. The number of hydrogen-bond donors (Lipinski definition) is 1. The molecule has 1 aromatic heterocycles. The number of benzene rings is 2. The zero-order valence-electron chi connectivity index (χ0n) is 18.6. The third-order valence-electron chi connectivity index (χ3n) is 6.08. The molecule has 1 saturated heterocycles. The summed E-state index contributed by atoms with van der Waals surface area (Å²) >= 11 is 6.17. The van der Waals surface area contributed by atoms with Crippen LogP contribution >= 0.6 is 11.6 Å². The molecule has 8 heteroatoms. The number of aromatic nitrogens is 1. The molecule has 174 valence electrons. The summed E-state index contributed by atoms with van der Waals surface area (Å²) in [4.78, 5) is 26.0. The van der Waals surface area contributed by atoms with Gasteiger partial charge in [0.2, 0.25) is 5.91 Å². The molecule has 0 spiro atoms. The average Bonchev–Trinajstić information content (AvgIpc) is 3.20. The van der Waals surface area contributed by atoms with Crippen LogP contribution in [0.4, 0.5) is 0 Å². The lowest BCUT2D eigenvalue weighted by Gasteiger charge is -2.30. The van der Waals surface area contributed by atoms with Crippen molar-refractivity contribution >= 4 is 40.4 Å². The van der Waals surface area contributed by atoms with Gasteiger partial charge in [-0.3, -0.25) is 9.59 Å². The van der Waals surface area contributed by atoms with E-state index < -0.39 is 0 Å². The van der Waals surface area contributed by atoms with Crippen LogP contribution in [-0.2, 0) is 16.1 Å². The van der Waals surface area contributed by atoms with Crippen LogP contribution in [0.3, 0.4) is 0 Å². The number of fused-ring (bicyclic) bond motifs is 1. The number of nitrogens with two attached hydrogens (primary N) is 1. The Hall–Kier alpha value is -3.76. The fourth-order valence-corrected chi connectivity index (χ4v) is 4.42. The maximum atomic E-state index is 13.0. The van der Waals surface area contributed by atoms with Gasteiger partial charge >= 0.3 is 0 Å². The van der Waals surface area contributed by atoms with Crippen molar-refractivity contribution in [3.8, 4) is 11.8 Å². The number of likely N-dealkylation sites (tertiary alicyclic amines) is 1. The van der Waals surface area contributed by atoms with Crippen molar-refractivity contribution in [3.05, 3.63) is 70.9 Å². The quantitative estimate of drug-likeness (QED) is 0.411. The molecule has 1 fully saturated rings. The molecule has 1 aliphatic heterocycles. The number of para-hydroxylation sites is 2. The van der Waals surface area contributed by atoms with Gasteiger partial charge in [0.15, 0.2) is 0 Å². The Morgan fingerprint density at radius 1 is 1.15 bits per heavy atom. The van der Waals surface area contributed by atoms with E-state index in [2.05, 4.69) is 6.07 Å². The number of ether oxygens (including phenoxy) is 1. The van der Waals surface area contributed by atoms with Crippen LogP contribution in [0.2, 0.25) is 5.02 Å². The van der Waals surface area contributed by atoms with Crippen LogP contribution in [0.1, 0.15) is 18.4 Å². The van der Waals surface area contributed by atoms with E-state index >= 15 is 0 Å². The van der Waals surface area contributed by atoms with Gasteiger partial charge in [-0.05, 0) is 37.1 Å². The summed E-state index contributed by atoms with van der Waals surface area (Å²) in [5, 5.41) is 11.2. The largest absolute Gasteiger partial charge is 0.490 e. The molecule has 2 heterocycles. The molecule has 0 saturated carbocycles. The van der Waals surface area contributed by atoms with Crippen molar-refractivity contribution in [2.24, 2.45) is 11.7 Å². The van der Waals surface area contributed by atoms with Gasteiger partial charge in [0, 0.05) is 41.7 Å². The summed E-state index contributed by atoms with van der Waals surface area (Å²) in [5.41, 5.74) is 7.20. The van der Waals surface area contributed by atoms with E-state index in [1.165, 1.54) is 0 Å². The van der Waals surface area contributed by atoms with Crippen LogP contribution in [0, 0.1) is 17.2 Å². The minimum atomic E-state index is -0.338. The van der Waals surface area contributed by atoms with E-state index in [-0.39, 0.29) is 23.3 Å². The molecule has 0 bridgehead atoms. The first-order valence-corrected chi connectivity index (χ1v) is 11.5. The molecule has 34 heavy (non-hydrogen) atoms. The van der Waals surface area contributed by atoms with E-state index in [1.54, 1.807) is 17.0 Å². The number of hydrogen-bond acceptors (Lipinski definition) is 4. The highest BCUT2D eigenvalue weighted by Crippen LogP contribution is 2.26. The van der Waals surface area contributed by atoms with Crippen molar-refractivity contribution in [2.75, 3.05) is 19.7 Å². The lowest BCUT2D eigenvalue weighted by atomic mass is 9.96. The van der Waals surface area contributed by atoms with Crippen molar-refractivity contribution < 1.29 is 14.3 Å². The fourth-order valence-electron chi connectivity index (χ4n) is 4.23. The third-order valence-corrected chi connectivity index (χ3v) is 6.39. The van der Waals surface area contributed by atoms with Crippen molar-refractivity contribution in [3.63, 3.8) is 0 Å². The van der Waals surface area contributed by atoms with Crippen LogP contribution in [0.25, 0.3) is 17.0 Å². The van der Waals surface area contributed by atoms with E-state index in [9.17, 15) is 14.9 Å². The minimum Gasteiger partial charge on any atom is -0.490 e. The maximum absolute atomic E-state index is 13.0. The zero-order valence-corrected chi connectivity index (χ0v) is 19.4. The standard InChI is InChI=1S/C26H25ClN4O3/c27-22-6-2-4-8-24(22)34-14-13-31-17-20(21-5-1-3-7-23(21)31)15-19(16-28)26(33)30-11-9-18(10-12-30)25(29)32/h1-8,15,17-18H,9-14H2,(H2,29,32). The van der Waals surface area contributed by atoms with E-state index in [0.29, 0.717) is 49.9 Å². The van der Waals surface area contributed by atoms with Gasteiger partial charge in [0.25, 0.3) is 5.91 Å². The molecule has 2 N–H and O–H groups in total. The number of nitrogens with zero attached hydrogens (tertiary/aromatic N) is 3. The second kappa shape index (κ2) is 10.4. The molecular formula is C26H25ClN4O3. The number of piperidine rings is 1. The predicted octanol–water partition coefficient (Wildman–Crippen LogP) is 4.00. The van der Waals surface area contributed by atoms with Gasteiger partial charge in [-0.25, -0.2) is 0 Å². The van der Waals surface area contributed by atoms with Gasteiger partial charge in [0.05, 0.1) is 11.6 Å². The number of halogens is 1. The predicted molar refractivity (Wildman–Crippen MR) is 131 cm³/mol. The molecule has 1 aliphatic rings. The van der Waals surface area contributed by atoms with Crippen LogP contribution < -0.4 is 10.5 Å². The van der Waals surface area contributed by atoms with Gasteiger partial charge in [0.1, 0.15) is 24.0 Å². The Morgan fingerprint density at radius 3 is 2.56 bits per heavy atom. The molecule has 2 amide bonds. The Kier molecular flexibility index (Phi) is 7.19. The molecule has 2 aromatic carbocycles. The molecule has 0 atom stereocenters. The highest BCUT2D eigenvalue weighted by atomic mass is 35.5. The topological polar surface area (TPSA) is 101 Å². The minimum absolute atomic E-state index is 0.0627. The molecular weight excluding hydrogens is 452 g/mol. The Morgan fingerprint density at radius 2 is 1.85 bits per heavy atom. The van der Waals surface area contributed by atoms with Crippen LogP contribution in [0.5, 0.6) is 5.75 Å². The number of carbonyl (C=O) groups is 2. The van der Waals surface area contributed by atoms with E-state index in [4.69, 9.17) is 22.1 Å². The Labute approximate surface area is 203 Å². The average molecular weight is 477 g/mol. The number of primary amides is 1. The van der Waals surface area contributed by atoms with Crippen molar-refractivity contribution in [2.45, 2.75) is 19.4 Å². The molecule has 7 nitrogen and oxygen atoms in total. The summed E-state index contributed by atoms with van der Waals surface area (Å²) in [7, 11) is 0. The molecule has 0 radical (unpaired) electrons. The number of rotatable bonds is 7. The Bertz CT molecular complexity index is 1280. The molecule has 3 aromatic rings. The molecule has 4 rings (SSSR count). The zero-order chi connectivity index (χ0) is 24.1. The van der Waals surface area contributed by atoms with Crippen molar-refractivity contribution in [1.29, 1.82) is 5.26 Å². The van der Waals surface area contributed by atoms with Gasteiger partial charge < -0.3 is 19.9 Å². The number of amides is 2. The summed E-state index contributed by atoms with van der Waals surface area (Å²) in [6, 6.07) is 17.2. The first kappa shape index (κ1) is 23.4. The lowest BCUT2D eigenvalue weighted by molar-refractivity contribution is -0.131. The first-order valence-electron chi connectivity index (χ1n) is 11.1. The van der Waals surface area contributed by atoms with Gasteiger partial charge in [-0.1, -0.05) is 41.9 Å². The highest BCUT2D eigenvalue weighted by Gasteiger charge is 2.27. The SMILES string of the molecule is N#CC(=Cc1cn(CCOc2ccccc2Cl)c2ccccc12)C(=O)N1CCC(C(N)=O)CC1. The summed E-state index contributed by atoms with van der Waals surface area (Å²) < 4.78 is 7.87. The van der Waals surface area contributed by atoms with Gasteiger partial charge in [-0.15, -0.1) is 0 Å². The smallest absolute Gasteiger partial charge is 0.264 e. The molecule has 0 unspecified atom stereocenters. The summed E-state index contributed by atoms with van der Waals surface area (Å²) in [6.07, 6.45) is 4.59. The molecule has 0 aliphatic carbocycles. The van der Waals surface area contributed by atoms with E-state index in [1.807, 2.05) is 53.2 Å². The van der Waals surface area contributed by atoms with Crippen LogP contribution in [0.15, 0.2) is 60.3 Å². The second-order valence-corrected chi connectivity index (χ2v) is 8.62. The van der Waals surface area contributed by atoms with Gasteiger partial charge in [-0.2, -0.15) is 5.26 Å². The third kappa shape index (κ3) is 5.08. The number of nitriles is 1. The Balaban J connectivity index is 1.53. The summed E-state index contributed by atoms with van der Waals surface area (Å²) in [5.74, 6) is -0.262. The van der Waals surface area contributed by atoms with Crippen molar-refractivity contribution in [1.82, 2.24) is 9.47 Å². The second-order valence-electron chi connectivity index (χ2n) is 8.21. The first-order chi connectivity index (χ1) is 16.5. The summed E-state index contributed by atoms with van der Waals surface area (Å²) in [6.45, 7) is 1.79. The monoisotopic (exact) mass is 476 g/mol. The number of carbonyl (C=O) groups excluding carboxylic acids is 2.